The zero-order valence-corrected chi connectivity index (χ0v) is 11.3. The molecule has 0 saturated carbocycles. The molecule has 20 heavy (non-hydrogen) atoms. The highest BCUT2D eigenvalue weighted by atomic mass is 32.2. The maximum Gasteiger partial charge on any atom is 0.322 e. The molecule has 0 aromatic rings. The van der Waals surface area contributed by atoms with Crippen LogP contribution >= 0.6 is 0 Å². The van der Waals surface area contributed by atoms with E-state index in [4.69, 9.17) is 10.1 Å². The second-order valence-corrected chi connectivity index (χ2v) is 6.96. The maximum absolute atomic E-state index is 11.3. The van der Waals surface area contributed by atoms with Crippen LogP contribution in [0.3, 0.4) is 0 Å². The molecule has 0 aromatic carbocycles. The van der Waals surface area contributed by atoms with Gasteiger partial charge in [-0.15, -0.1) is 0 Å². The smallest absolute Gasteiger partial charge is 0.322 e. The molecule has 10 heteroatoms. The number of nitrogens with zero attached hydrogens (tertiary/aromatic N) is 2. The quantitative estimate of drug-likeness (QED) is 0.420. The molecule has 106 valence electrons. The molecule has 1 unspecified atom stereocenters. The van der Waals surface area contributed by atoms with Crippen molar-refractivity contribution in [1.29, 1.82) is 0 Å². The first kappa shape index (κ1) is 14.6. The minimum Gasteiger partial charge on any atom is -0.361 e. The van der Waals surface area contributed by atoms with E-state index in [0.29, 0.717) is 6.08 Å². The molecule has 0 radical (unpaired) electrons. The topological polar surface area (TPSA) is 145 Å². The second-order valence-electron chi connectivity index (χ2n) is 4.00. The van der Waals surface area contributed by atoms with Crippen molar-refractivity contribution < 1.29 is 30.7 Å². The summed E-state index contributed by atoms with van der Waals surface area (Å²) in [7, 11) is -9.33. The van der Waals surface area contributed by atoms with E-state index in [-0.39, 0.29) is 16.9 Å². The molecule has 0 amide bonds. The first-order chi connectivity index (χ1) is 9.14. The fraction of sp³-hybridized carbons (Fsp3) is 0.100. The van der Waals surface area contributed by atoms with Crippen LogP contribution in [0.1, 0.15) is 0 Å². The van der Waals surface area contributed by atoms with Crippen LogP contribution in [0.4, 0.5) is 0 Å². The van der Waals surface area contributed by atoms with Gasteiger partial charge in [0.1, 0.15) is 5.25 Å². The predicted octanol–water partition coefficient (Wildman–Crippen LogP) is 0.122. The van der Waals surface area contributed by atoms with Crippen molar-refractivity contribution in [2.45, 2.75) is 5.25 Å². The summed E-state index contributed by atoms with van der Waals surface area (Å²) in [6.45, 7) is 0. The van der Waals surface area contributed by atoms with Crippen molar-refractivity contribution in [3.05, 3.63) is 52.0 Å². The molecule has 1 atom stereocenters. The van der Waals surface area contributed by atoms with E-state index >= 15 is 0 Å². The third-order valence-corrected chi connectivity index (χ3v) is 4.63. The van der Waals surface area contributed by atoms with Crippen LogP contribution in [0.2, 0.25) is 0 Å². The summed E-state index contributed by atoms with van der Waals surface area (Å²) in [5.41, 5.74) is 8.76. The molecule has 2 aliphatic carbocycles. The number of allylic oxidation sites excluding steroid dienone is 5. The number of hydrogen-bond donors (Lipinski definition) is 2. The molecule has 8 nitrogen and oxygen atoms in total. The molecular formula is C10H8N2O6S2. The highest BCUT2D eigenvalue weighted by molar-refractivity contribution is 7.90. The molecule has 0 aromatic heterocycles. The first-order valence-electron chi connectivity index (χ1n) is 5.13. The third-order valence-electron chi connectivity index (χ3n) is 2.75. The summed E-state index contributed by atoms with van der Waals surface area (Å²) in [6.07, 6.45) is 5.68. The summed E-state index contributed by atoms with van der Waals surface area (Å²) in [5, 5.41) is -1.68. The average Bonchev–Trinajstić information content (AvgIpc) is 2.34. The highest BCUT2D eigenvalue weighted by Crippen LogP contribution is 2.32. The van der Waals surface area contributed by atoms with Gasteiger partial charge in [-0.25, -0.2) is 0 Å². The fourth-order valence-corrected chi connectivity index (χ4v) is 3.41. The van der Waals surface area contributed by atoms with Gasteiger partial charge < -0.3 is 5.53 Å². The second kappa shape index (κ2) is 4.62. The Morgan fingerprint density at radius 2 is 1.85 bits per heavy atom. The van der Waals surface area contributed by atoms with Gasteiger partial charge in [0.05, 0.1) is 10.5 Å². The van der Waals surface area contributed by atoms with Gasteiger partial charge in [-0.3, -0.25) is 9.11 Å². The molecular weight excluding hydrogens is 308 g/mol. The Kier molecular flexibility index (Phi) is 3.36. The lowest BCUT2D eigenvalue weighted by atomic mass is 9.90. The monoisotopic (exact) mass is 316 g/mol. The lowest BCUT2D eigenvalue weighted by Gasteiger charge is -2.21. The Hall–Kier alpha value is -1.84. The summed E-state index contributed by atoms with van der Waals surface area (Å²) in [5.74, 6) is 0. The van der Waals surface area contributed by atoms with Gasteiger partial charge in [0.15, 0.2) is 0 Å². The summed E-state index contributed by atoms with van der Waals surface area (Å²) < 4.78 is 63.2. The number of fused-ring (bicyclic) bond motifs is 1. The molecule has 0 saturated heterocycles. The Balaban J connectivity index is 2.77. The van der Waals surface area contributed by atoms with Crippen LogP contribution < -0.4 is 0 Å². The lowest BCUT2D eigenvalue weighted by Crippen LogP contribution is -2.29. The zero-order valence-electron chi connectivity index (χ0n) is 9.70. The molecule has 2 N–H and O–H groups in total. The summed E-state index contributed by atoms with van der Waals surface area (Å²) in [4.78, 5) is 2.20. The van der Waals surface area contributed by atoms with Gasteiger partial charge in [-0.2, -0.15) is 21.6 Å². The van der Waals surface area contributed by atoms with Crippen LogP contribution in [0.15, 0.2) is 46.4 Å². The normalized spacial score (nSPS) is 22.4. The minimum absolute atomic E-state index is 0.0206. The molecule has 0 aliphatic heterocycles. The lowest BCUT2D eigenvalue weighted by molar-refractivity contribution is -0.00239. The average molecular weight is 316 g/mol. The van der Waals surface area contributed by atoms with Crippen LogP contribution in [0.25, 0.3) is 5.53 Å². The maximum atomic E-state index is 11.3. The van der Waals surface area contributed by atoms with Crippen molar-refractivity contribution in [2.24, 2.45) is 0 Å². The minimum atomic E-state index is -4.68. The summed E-state index contributed by atoms with van der Waals surface area (Å²) in [6, 6.07) is 0. The van der Waals surface area contributed by atoms with E-state index in [1.807, 2.05) is 0 Å². The largest absolute Gasteiger partial charge is 0.361 e. The van der Waals surface area contributed by atoms with Gasteiger partial charge in [-0.05, 0) is 17.7 Å². The molecule has 0 spiro atoms. The molecule has 0 fully saturated rings. The SMILES string of the molecule is [N-]=[N+]=C1C=CC=C2C1=CC(S(=O)(=O)O)=CC2S(=O)(=O)O. The van der Waals surface area contributed by atoms with E-state index in [1.54, 1.807) is 0 Å². The number of hydrogen-bond acceptors (Lipinski definition) is 4. The molecule has 2 rings (SSSR count). The van der Waals surface area contributed by atoms with E-state index < -0.39 is 30.4 Å². The van der Waals surface area contributed by atoms with Crippen LogP contribution in [0.5, 0.6) is 0 Å². The first-order valence-corrected chi connectivity index (χ1v) is 8.07. The molecule has 2 aliphatic rings. The van der Waals surface area contributed by atoms with Crippen molar-refractivity contribution in [2.75, 3.05) is 0 Å². The van der Waals surface area contributed by atoms with E-state index in [0.717, 1.165) is 6.08 Å². The standard InChI is InChI=1S/C10H8N2O6S2/c11-12-9-3-1-2-7-8(9)4-6(19(13,14)15)5-10(7)20(16,17)18/h1-5,10H,(H,13,14,15)(H,16,17,18). The Bertz CT molecular complexity index is 851. The Labute approximate surface area is 114 Å². The van der Waals surface area contributed by atoms with E-state index in [9.17, 15) is 21.4 Å². The van der Waals surface area contributed by atoms with Crippen molar-refractivity contribution >= 4 is 25.9 Å². The van der Waals surface area contributed by atoms with E-state index in [1.165, 1.54) is 18.2 Å². The Morgan fingerprint density at radius 1 is 1.20 bits per heavy atom. The van der Waals surface area contributed by atoms with Crippen LogP contribution in [-0.4, -0.2) is 41.7 Å². The fourth-order valence-electron chi connectivity index (χ4n) is 1.90. The third kappa shape index (κ3) is 2.55. The van der Waals surface area contributed by atoms with Gasteiger partial charge in [0.25, 0.3) is 20.2 Å². The van der Waals surface area contributed by atoms with Crippen molar-refractivity contribution in [1.82, 2.24) is 0 Å². The van der Waals surface area contributed by atoms with Gasteiger partial charge in [-0.1, -0.05) is 12.2 Å². The summed E-state index contributed by atoms with van der Waals surface area (Å²) >= 11 is 0. The van der Waals surface area contributed by atoms with E-state index in [2.05, 4.69) is 4.79 Å². The number of rotatable bonds is 2. The Morgan fingerprint density at radius 3 is 2.35 bits per heavy atom. The predicted molar refractivity (Wildman–Crippen MR) is 68.9 cm³/mol. The van der Waals surface area contributed by atoms with Gasteiger partial charge in [0.2, 0.25) is 0 Å². The van der Waals surface area contributed by atoms with Gasteiger partial charge in [0, 0.05) is 6.08 Å². The van der Waals surface area contributed by atoms with Crippen LogP contribution in [-0.2, 0) is 20.2 Å². The van der Waals surface area contributed by atoms with Crippen molar-refractivity contribution in [3.63, 3.8) is 0 Å². The van der Waals surface area contributed by atoms with Crippen LogP contribution in [0, 0.1) is 0 Å². The molecule has 0 heterocycles. The highest BCUT2D eigenvalue weighted by Gasteiger charge is 2.37. The zero-order chi connectivity index (χ0) is 15.1. The van der Waals surface area contributed by atoms with Crippen molar-refractivity contribution in [3.8, 4) is 0 Å². The molecule has 0 bridgehead atoms. The van der Waals surface area contributed by atoms with Gasteiger partial charge >= 0.3 is 5.71 Å².